The lowest BCUT2D eigenvalue weighted by Gasteiger charge is -2.25. The number of aromatic amines is 1. The Morgan fingerprint density at radius 2 is 1.45 bits per heavy atom. The number of carbonyl (C=O) groups is 5. The lowest BCUT2D eigenvalue weighted by Crippen LogP contribution is -2.57. The van der Waals surface area contributed by atoms with Gasteiger partial charge in [0.2, 0.25) is 17.7 Å². The van der Waals surface area contributed by atoms with E-state index in [1.807, 2.05) is 29.6 Å². The number of carboxylic acid groups (broad SMARTS) is 1. The summed E-state index contributed by atoms with van der Waals surface area (Å²) in [5.41, 5.74) is 2.28. The number of benzene rings is 3. The summed E-state index contributed by atoms with van der Waals surface area (Å²) in [4.78, 5) is 72.2. The van der Waals surface area contributed by atoms with Crippen molar-refractivity contribution in [2.75, 3.05) is 0 Å². The van der Waals surface area contributed by atoms with E-state index >= 15 is 0 Å². The number of aliphatic carboxylic acids is 1. The minimum absolute atomic E-state index is 0.0447. The molecule has 0 saturated carbocycles. The van der Waals surface area contributed by atoms with Crippen LogP contribution in [0.15, 0.2) is 96.8 Å². The van der Waals surface area contributed by atoms with Crippen molar-refractivity contribution >= 4 is 50.9 Å². The van der Waals surface area contributed by atoms with Gasteiger partial charge in [0, 0.05) is 54.3 Å². The van der Waals surface area contributed by atoms with Crippen LogP contribution in [-0.2, 0) is 38.4 Å². The Bertz CT molecular complexity index is 1910. The molecule has 2 heterocycles. The second-order valence-corrected chi connectivity index (χ2v) is 12.4. The summed E-state index contributed by atoms with van der Waals surface area (Å²) in [5.74, 6) is -4.06. The molecule has 0 spiro atoms. The molecule has 0 aliphatic carbocycles. The monoisotopic (exact) mass is 683 g/mol. The van der Waals surface area contributed by atoms with Gasteiger partial charge in [0.05, 0.1) is 6.33 Å². The number of carboxylic acids is 1. The molecule has 13 heteroatoms. The fraction of sp³-hybridized carbons (Fsp3) is 0.222. The van der Waals surface area contributed by atoms with Gasteiger partial charge in [-0.2, -0.15) is 0 Å². The fourth-order valence-corrected chi connectivity index (χ4v) is 6.29. The second kappa shape index (κ2) is 16.4. The van der Waals surface area contributed by atoms with Crippen LogP contribution >= 0.6 is 11.3 Å². The van der Waals surface area contributed by atoms with Crippen molar-refractivity contribution in [2.45, 2.75) is 50.2 Å². The third-order valence-electron chi connectivity index (χ3n) is 7.89. The van der Waals surface area contributed by atoms with Gasteiger partial charge in [-0.1, -0.05) is 48.5 Å². The molecular formula is C36H34FN5O6S. The summed E-state index contributed by atoms with van der Waals surface area (Å²) in [6.45, 7) is 0. The quantitative estimate of drug-likeness (QED) is 0.0980. The molecule has 3 amide bonds. The molecule has 0 aliphatic rings. The molecule has 3 atom stereocenters. The predicted octanol–water partition coefficient (Wildman–Crippen LogP) is 3.99. The molecule has 0 bridgehead atoms. The number of nitrogens with zero attached hydrogens (tertiary/aromatic N) is 1. The summed E-state index contributed by atoms with van der Waals surface area (Å²) in [6.07, 6.45) is 2.53. The van der Waals surface area contributed by atoms with Crippen molar-refractivity contribution in [2.24, 2.45) is 0 Å². The molecule has 3 aromatic carbocycles. The smallest absolute Gasteiger partial charge is 0.326 e. The zero-order chi connectivity index (χ0) is 34.8. The van der Waals surface area contributed by atoms with Crippen LogP contribution in [-0.4, -0.2) is 62.7 Å². The largest absolute Gasteiger partial charge is 0.480 e. The summed E-state index contributed by atoms with van der Waals surface area (Å²) >= 11 is 1.49. The number of fused-ring (bicyclic) bond motifs is 1. The van der Waals surface area contributed by atoms with Gasteiger partial charge in [-0.15, -0.1) is 11.3 Å². The number of amides is 3. The topological polar surface area (TPSA) is 170 Å². The summed E-state index contributed by atoms with van der Waals surface area (Å²) < 4.78 is 14.3. The highest BCUT2D eigenvalue weighted by Crippen LogP contribution is 2.26. The molecule has 49 heavy (non-hydrogen) atoms. The third-order valence-corrected chi connectivity index (χ3v) is 8.90. The molecule has 5 N–H and O–H groups in total. The van der Waals surface area contributed by atoms with Crippen LogP contribution in [0, 0.1) is 5.82 Å². The van der Waals surface area contributed by atoms with Crippen molar-refractivity contribution in [3.05, 3.63) is 125 Å². The van der Waals surface area contributed by atoms with E-state index in [2.05, 4.69) is 25.9 Å². The number of H-pyrrole nitrogens is 1. The first kappa shape index (κ1) is 34.6. The molecule has 2 aromatic heterocycles. The van der Waals surface area contributed by atoms with E-state index in [0.29, 0.717) is 11.3 Å². The molecule has 0 saturated heterocycles. The maximum Gasteiger partial charge on any atom is 0.326 e. The van der Waals surface area contributed by atoms with E-state index in [1.54, 1.807) is 30.3 Å². The van der Waals surface area contributed by atoms with Gasteiger partial charge in [0.15, 0.2) is 5.78 Å². The highest BCUT2D eigenvalue weighted by Gasteiger charge is 2.31. The molecule has 0 unspecified atom stereocenters. The van der Waals surface area contributed by atoms with E-state index in [-0.39, 0.29) is 43.5 Å². The number of halogens is 1. The molecular weight excluding hydrogens is 649 g/mol. The average molecular weight is 684 g/mol. The second-order valence-electron chi connectivity index (χ2n) is 11.4. The third kappa shape index (κ3) is 9.67. The van der Waals surface area contributed by atoms with Gasteiger partial charge in [0.25, 0.3) is 0 Å². The lowest BCUT2D eigenvalue weighted by molar-refractivity contribution is -0.142. The number of rotatable bonds is 16. The van der Waals surface area contributed by atoms with Gasteiger partial charge < -0.3 is 26.0 Å². The van der Waals surface area contributed by atoms with E-state index in [0.717, 1.165) is 27.8 Å². The Balaban J connectivity index is 1.35. The predicted molar refractivity (Wildman–Crippen MR) is 181 cm³/mol. The fourth-order valence-electron chi connectivity index (χ4n) is 5.31. The average Bonchev–Trinajstić information content (AvgIpc) is 3.77. The number of hydrogen-bond donors (Lipinski definition) is 5. The number of carbonyl (C=O) groups excluding carboxylic acids is 4. The molecule has 5 rings (SSSR count). The number of Topliss-reactive ketones (excluding diaryl/α,β-unsaturated/α-hetero) is 1. The Morgan fingerprint density at radius 1 is 0.776 bits per heavy atom. The molecule has 0 radical (unpaired) electrons. The zero-order valence-electron chi connectivity index (χ0n) is 26.2. The lowest BCUT2D eigenvalue weighted by atomic mass is 10.0. The van der Waals surface area contributed by atoms with Gasteiger partial charge >= 0.3 is 5.97 Å². The van der Waals surface area contributed by atoms with Crippen molar-refractivity contribution in [3.8, 4) is 0 Å². The number of hydrogen-bond acceptors (Lipinski definition) is 7. The molecule has 252 valence electrons. The standard InChI is InChI=1S/C36H34FN5O6S/c37-25-12-10-23(11-13-25)31(43)14-15-33(44)40-29(17-24-20-49-32-9-5-4-8-27(24)32)35(46)41-28(16-22-6-2-1-3-7-22)34(45)42-30(36(47)48)18-26-19-38-21-39-26/h1-13,19-21,28-30H,14-18H2,(H,38,39)(H,40,44)(H,41,46)(H,42,45)(H,47,48)/t28-,29+,30+/m1/s1. The van der Waals surface area contributed by atoms with E-state index in [1.165, 1.54) is 36.0 Å². The maximum atomic E-state index is 14.0. The minimum Gasteiger partial charge on any atom is -0.480 e. The molecule has 0 fully saturated rings. The first-order valence-electron chi connectivity index (χ1n) is 15.5. The Morgan fingerprint density at radius 3 is 2.14 bits per heavy atom. The van der Waals surface area contributed by atoms with Gasteiger partial charge in [0.1, 0.15) is 23.9 Å². The van der Waals surface area contributed by atoms with Gasteiger partial charge in [-0.3, -0.25) is 19.2 Å². The molecule has 0 aliphatic heterocycles. The van der Waals surface area contributed by atoms with E-state index in [9.17, 15) is 33.5 Å². The molecule has 5 aromatic rings. The highest BCUT2D eigenvalue weighted by atomic mass is 32.1. The van der Waals surface area contributed by atoms with Crippen LogP contribution in [0.1, 0.15) is 40.0 Å². The van der Waals surface area contributed by atoms with Crippen LogP contribution in [0.5, 0.6) is 0 Å². The Kier molecular flexibility index (Phi) is 11.6. The summed E-state index contributed by atoms with van der Waals surface area (Å²) in [7, 11) is 0. The highest BCUT2D eigenvalue weighted by molar-refractivity contribution is 7.17. The number of thiophene rings is 1. The number of aromatic nitrogens is 2. The van der Waals surface area contributed by atoms with Gasteiger partial charge in [-0.25, -0.2) is 14.2 Å². The van der Waals surface area contributed by atoms with Crippen molar-refractivity contribution < 1.29 is 33.5 Å². The number of nitrogens with one attached hydrogen (secondary N) is 4. The van der Waals surface area contributed by atoms with Crippen LogP contribution in [0.4, 0.5) is 4.39 Å². The van der Waals surface area contributed by atoms with Crippen LogP contribution in [0.25, 0.3) is 10.1 Å². The Labute approximate surface area is 285 Å². The Hall–Kier alpha value is -5.69. The zero-order valence-corrected chi connectivity index (χ0v) is 27.0. The number of ketones is 1. The van der Waals surface area contributed by atoms with E-state index < -0.39 is 47.6 Å². The van der Waals surface area contributed by atoms with Crippen LogP contribution < -0.4 is 16.0 Å². The summed E-state index contributed by atoms with van der Waals surface area (Å²) in [5, 5.41) is 20.7. The van der Waals surface area contributed by atoms with Gasteiger partial charge in [-0.05, 0) is 52.2 Å². The molecule has 11 nitrogen and oxygen atoms in total. The summed E-state index contributed by atoms with van der Waals surface area (Å²) in [6, 6.07) is 17.9. The van der Waals surface area contributed by atoms with Crippen molar-refractivity contribution in [1.82, 2.24) is 25.9 Å². The number of imidazole rings is 1. The first-order chi connectivity index (χ1) is 23.7. The first-order valence-corrected chi connectivity index (χ1v) is 16.4. The van der Waals surface area contributed by atoms with Crippen molar-refractivity contribution in [1.29, 1.82) is 0 Å². The van der Waals surface area contributed by atoms with Crippen LogP contribution in [0.3, 0.4) is 0 Å². The van der Waals surface area contributed by atoms with E-state index in [4.69, 9.17) is 0 Å². The maximum absolute atomic E-state index is 14.0. The minimum atomic E-state index is -1.31. The SMILES string of the molecule is O=C(CCC(=O)c1ccc(F)cc1)N[C@@H](Cc1csc2ccccc12)C(=O)N[C@H](Cc1ccccc1)C(=O)N[C@@H](Cc1cnc[nH]1)C(=O)O. The van der Waals surface area contributed by atoms with Crippen LogP contribution in [0.2, 0.25) is 0 Å². The van der Waals surface area contributed by atoms with Crippen molar-refractivity contribution in [3.63, 3.8) is 0 Å². The normalized spacial score (nSPS) is 12.8.